The van der Waals surface area contributed by atoms with Gasteiger partial charge in [-0.05, 0) is 42.6 Å². The fourth-order valence-corrected chi connectivity index (χ4v) is 9.98. The molecule has 0 radical (unpaired) electrons. The lowest BCUT2D eigenvalue weighted by Gasteiger charge is -2.41. The first-order valence-corrected chi connectivity index (χ1v) is 12.1. The number of carbonyl (C=O) groups is 1. The molecule has 1 atom stereocenters. The second-order valence-corrected chi connectivity index (χ2v) is 13.6. The summed E-state index contributed by atoms with van der Waals surface area (Å²) in [7, 11) is -1.91. The van der Waals surface area contributed by atoms with Crippen LogP contribution in [0.3, 0.4) is 0 Å². The van der Waals surface area contributed by atoms with E-state index in [4.69, 9.17) is 9.47 Å². The van der Waals surface area contributed by atoms with E-state index in [9.17, 15) is 4.79 Å². The van der Waals surface area contributed by atoms with Gasteiger partial charge in [0.1, 0.15) is 11.9 Å². The van der Waals surface area contributed by atoms with E-state index in [0.29, 0.717) is 28.8 Å². The first kappa shape index (κ1) is 22.5. The van der Waals surface area contributed by atoms with Gasteiger partial charge in [0.15, 0.2) is 0 Å². The minimum Gasteiger partial charge on any atom is -0.486 e. The van der Waals surface area contributed by atoms with E-state index >= 15 is 0 Å². The van der Waals surface area contributed by atoms with Crippen LogP contribution in [0.15, 0.2) is 41.6 Å². The van der Waals surface area contributed by atoms with Gasteiger partial charge in [-0.1, -0.05) is 65.4 Å². The zero-order chi connectivity index (χ0) is 19.9. The van der Waals surface area contributed by atoms with Crippen LogP contribution >= 0.6 is 0 Å². The fraction of sp³-hybridized carbons (Fsp3) is 0.591. The van der Waals surface area contributed by atoms with Crippen LogP contribution in [0, 0.1) is 0 Å². The zero-order valence-electron chi connectivity index (χ0n) is 17.7. The third-order valence-corrected chi connectivity index (χ3v) is 12.2. The van der Waals surface area contributed by atoms with E-state index in [-0.39, 0.29) is 12.1 Å². The molecule has 1 rings (SSSR count). The summed E-state index contributed by atoms with van der Waals surface area (Å²) in [6.07, 6.45) is -0.348. The van der Waals surface area contributed by atoms with Crippen molar-refractivity contribution in [1.29, 1.82) is 0 Å². The predicted octanol–water partition coefficient (Wildman–Crippen LogP) is 6.16. The van der Waals surface area contributed by atoms with E-state index < -0.39 is 8.07 Å². The van der Waals surface area contributed by atoms with Crippen molar-refractivity contribution in [3.8, 4) is 5.75 Å². The molecule has 4 heteroatoms. The van der Waals surface area contributed by atoms with Crippen molar-refractivity contribution in [2.45, 2.75) is 78.1 Å². The lowest BCUT2D eigenvalue weighted by atomic mass is 10.2. The smallest absolute Gasteiger partial charge is 0.337 e. The molecule has 1 unspecified atom stereocenters. The lowest BCUT2D eigenvalue weighted by molar-refractivity contribution is -0.139. The molecular weight excluding hydrogens is 340 g/mol. The van der Waals surface area contributed by atoms with Gasteiger partial charge in [0, 0.05) is 0 Å². The molecule has 0 aliphatic heterocycles. The van der Waals surface area contributed by atoms with Gasteiger partial charge >= 0.3 is 5.97 Å². The molecule has 0 aliphatic carbocycles. The van der Waals surface area contributed by atoms with Crippen LogP contribution in [0.1, 0.15) is 55.4 Å². The molecule has 26 heavy (non-hydrogen) atoms. The summed E-state index contributed by atoms with van der Waals surface area (Å²) in [5, 5.41) is 0. The summed E-state index contributed by atoms with van der Waals surface area (Å²) in [5.41, 5.74) is 4.51. The van der Waals surface area contributed by atoms with Crippen molar-refractivity contribution in [3.05, 3.63) is 41.6 Å². The molecular formula is C22H36O3Si. The maximum atomic E-state index is 12.8. The van der Waals surface area contributed by atoms with Crippen molar-refractivity contribution in [1.82, 2.24) is 0 Å². The molecule has 3 nitrogen and oxygen atoms in total. The quantitative estimate of drug-likeness (QED) is 0.294. The molecule has 0 amide bonds. The van der Waals surface area contributed by atoms with Gasteiger partial charge in [0.2, 0.25) is 0 Å². The van der Waals surface area contributed by atoms with Crippen LogP contribution in [0.5, 0.6) is 5.75 Å². The van der Waals surface area contributed by atoms with E-state index in [1.54, 1.807) is 0 Å². The van der Waals surface area contributed by atoms with Crippen LogP contribution in [0.4, 0.5) is 0 Å². The van der Waals surface area contributed by atoms with Gasteiger partial charge < -0.3 is 9.47 Å². The van der Waals surface area contributed by atoms with Crippen molar-refractivity contribution in [3.63, 3.8) is 0 Å². The molecule has 0 aliphatic rings. The molecule has 0 fully saturated rings. The highest BCUT2D eigenvalue weighted by molar-refractivity contribution is 6.88. The topological polar surface area (TPSA) is 35.5 Å². The Morgan fingerprint density at radius 3 is 1.88 bits per heavy atom. The molecule has 0 saturated heterocycles. The Hall–Kier alpha value is -1.55. The predicted molar refractivity (Wildman–Crippen MR) is 112 cm³/mol. The highest BCUT2D eigenvalue weighted by Gasteiger charge is 2.42. The van der Waals surface area contributed by atoms with Crippen molar-refractivity contribution >= 4 is 14.0 Å². The van der Waals surface area contributed by atoms with Crippen LogP contribution in [-0.4, -0.2) is 26.8 Å². The van der Waals surface area contributed by atoms with Crippen LogP contribution < -0.4 is 4.74 Å². The SMILES string of the molecule is CCOC(=O)/C(=C\[Si](C(C)C)(C(C)C)C(C)C)C(C)Oc1ccccc1. The van der Waals surface area contributed by atoms with Gasteiger partial charge in [0.05, 0.1) is 20.3 Å². The summed E-state index contributed by atoms with van der Waals surface area (Å²) >= 11 is 0. The number of hydrogen-bond acceptors (Lipinski definition) is 3. The number of para-hydroxylation sites is 1. The Morgan fingerprint density at radius 1 is 0.962 bits per heavy atom. The van der Waals surface area contributed by atoms with Crippen molar-refractivity contribution in [2.24, 2.45) is 0 Å². The fourth-order valence-electron chi connectivity index (χ4n) is 4.09. The van der Waals surface area contributed by atoms with Crippen LogP contribution in [0.25, 0.3) is 0 Å². The highest BCUT2D eigenvalue weighted by atomic mass is 28.3. The van der Waals surface area contributed by atoms with Gasteiger partial charge in [-0.15, -0.1) is 0 Å². The molecule has 0 bridgehead atoms. The number of rotatable bonds is 9. The number of benzene rings is 1. The van der Waals surface area contributed by atoms with E-state index in [2.05, 4.69) is 47.2 Å². The Balaban J connectivity index is 3.38. The second-order valence-electron chi connectivity index (χ2n) is 7.86. The Labute approximate surface area is 160 Å². The van der Waals surface area contributed by atoms with Gasteiger partial charge in [-0.25, -0.2) is 4.79 Å². The number of ether oxygens (including phenoxy) is 2. The van der Waals surface area contributed by atoms with Crippen LogP contribution in [0.2, 0.25) is 16.6 Å². The lowest BCUT2D eigenvalue weighted by Crippen LogP contribution is -2.44. The van der Waals surface area contributed by atoms with Gasteiger partial charge in [0.25, 0.3) is 0 Å². The van der Waals surface area contributed by atoms with E-state index in [1.807, 2.05) is 44.2 Å². The zero-order valence-corrected chi connectivity index (χ0v) is 18.7. The second kappa shape index (κ2) is 9.96. The van der Waals surface area contributed by atoms with E-state index in [0.717, 1.165) is 5.75 Å². The number of carbonyl (C=O) groups excluding carboxylic acids is 1. The summed E-state index contributed by atoms with van der Waals surface area (Å²) < 4.78 is 11.5. The maximum absolute atomic E-state index is 12.8. The third-order valence-electron chi connectivity index (χ3n) is 5.41. The molecule has 0 aromatic heterocycles. The molecule has 0 heterocycles. The molecule has 0 N–H and O–H groups in total. The largest absolute Gasteiger partial charge is 0.486 e. The molecule has 146 valence electrons. The number of hydrogen-bond donors (Lipinski definition) is 0. The summed E-state index contributed by atoms with van der Waals surface area (Å²) in [6.45, 7) is 17.9. The normalized spacial score (nSPS) is 14.0. The van der Waals surface area contributed by atoms with Gasteiger partial charge in [-0.3, -0.25) is 0 Å². The summed E-state index contributed by atoms with van der Waals surface area (Å²) in [5.74, 6) is 0.510. The standard InChI is InChI=1S/C22H36O3Si/c1-9-24-22(23)21(19(8)25-20-13-11-10-12-14-20)15-26(16(2)3,17(4)5)18(6)7/h10-19H,9H2,1-8H3/b21-15-. The number of esters is 1. The minimum atomic E-state index is -1.91. The van der Waals surface area contributed by atoms with Gasteiger partial charge in [-0.2, -0.15) is 0 Å². The first-order chi connectivity index (χ1) is 12.2. The average Bonchev–Trinajstić information content (AvgIpc) is 2.55. The minimum absolute atomic E-state index is 0.255. The first-order valence-electron chi connectivity index (χ1n) is 9.78. The molecule has 0 saturated carbocycles. The maximum Gasteiger partial charge on any atom is 0.337 e. The monoisotopic (exact) mass is 376 g/mol. The van der Waals surface area contributed by atoms with E-state index in [1.165, 1.54) is 0 Å². The average molecular weight is 377 g/mol. The highest BCUT2D eigenvalue weighted by Crippen LogP contribution is 2.43. The third kappa shape index (κ3) is 5.23. The Morgan fingerprint density at radius 2 is 1.46 bits per heavy atom. The molecule has 0 spiro atoms. The molecule has 1 aromatic rings. The molecule has 1 aromatic carbocycles. The van der Waals surface area contributed by atoms with Crippen molar-refractivity contribution in [2.75, 3.05) is 6.61 Å². The van der Waals surface area contributed by atoms with Crippen LogP contribution in [-0.2, 0) is 9.53 Å². The Bertz CT molecular complexity index is 569. The Kier molecular flexibility index (Phi) is 8.61. The van der Waals surface area contributed by atoms with Crippen molar-refractivity contribution < 1.29 is 14.3 Å². The summed E-state index contributed by atoms with van der Waals surface area (Å²) in [6, 6.07) is 9.65. The summed E-state index contributed by atoms with van der Waals surface area (Å²) in [4.78, 5) is 12.8.